The molecule has 2 atom stereocenters. The summed E-state index contributed by atoms with van der Waals surface area (Å²) in [6.07, 6.45) is 9.31. The Bertz CT molecular complexity index is 348. The molecule has 21 heavy (non-hydrogen) atoms. The maximum absolute atomic E-state index is 11.4. The van der Waals surface area contributed by atoms with Crippen LogP contribution < -0.4 is 5.32 Å². The van der Waals surface area contributed by atoms with Crippen molar-refractivity contribution in [2.24, 2.45) is 5.92 Å². The molecule has 1 heterocycles. The fourth-order valence-corrected chi connectivity index (χ4v) is 2.63. The average molecular weight is 297 g/mol. The van der Waals surface area contributed by atoms with E-state index in [-0.39, 0.29) is 6.10 Å². The van der Waals surface area contributed by atoms with Gasteiger partial charge in [0.2, 0.25) is 0 Å². The van der Waals surface area contributed by atoms with Gasteiger partial charge in [0.15, 0.2) is 0 Å². The first-order valence-corrected chi connectivity index (χ1v) is 7.94. The molecule has 2 N–H and O–H groups in total. The van der Waals surface area contributed by atoms with Gasteiger partial charge >= 0.3 is 11.9 Å². The first-order chi connectivity index (χ1) is 10.1. The Morgan fingerprint density at radius 1 is 1.33 bits per heavy atom. The number of nitrogens with one attached hydrogen (secondary N) is 1. The van der Waals surface area contributed by atoms with Gasteiger partial charge < -0.3 is 15.2 Å². The summed E-state index contributed by atoms with van der Waals surface area (Å²) in [6.45, 7) is 4.29. The molecule has 0 aromatic rings. The second-order valence-corrected chi connectivity index (χ2v) is 5.64. The molecule has 0 amide bonds. The Labute approximate surface area is 126 Å². The monoisotopic (exact) mass is 297 g/mol. The lowest BCUT2D eigenvalue weighted by atomic mass is 9.99. The molecule has 1 rings (SSSR count). The molecule has 120 valence electrons. The van der Waals surface area contributed by atoms with E-state index in [0.717, 1.165) is 56.8 Å². The number of carbonyl (C=O) groups is 2. The zero-order valence-electron chi connectivity index (χ0n) is 12.8. The lowest BCUT2D eigenvalue weighted by molar-refractivity contribution is -0.144. The Hall–Kier alpha value is -1.36. The first kappa shape index (κ1) is 17.7. The quantitative estimate of drug-likeness (QED) is 0.368. The van der Waals surface area contributed by atoms with Crippen LogP contribution >= 0.6 is 0 Å². The number of aliphatic carboxylic acids is 1. The van der Waals surface area contributed by atoms with Crippen molar-refractivity contribution < 1.29 is 19.4 Å². The van der Waals surface area contributed by atoms with Gasteiger partial charge in [0.05, 0.1) is 0 Å². The molecule has 0 aromatic heterocycles. The highest BCUT2D eigenvalue weighted by Crippen LogP contribution is 2.18. The summed E-state index contributed by atoms with van der Waals surface area (Å²) in [5, 5.41) is 11.8. The fourth-order valence-electron chi connectivity index (χ4n) is 2.63. The zero-order valence-corrected chi connectivity index (χ0v) is 12.8. The van der Waals surface area contributed by atoms with Gasteiger partial charge in [-0.15, -0.1) is 0 Å². The first-order valence-electron chi connectivity index (χ1n) is 7.94. The van der Waals surface area contributed by atoms with E-state index in [4.69, 9.17) is 9.84 Å². The minimum absolute atomic E-state index is 0.107. The molecule has 2 unspecified atom stereocenters. The highest BCUT2D eigenvalue weighted by molar-refractivity contribution is 5.90. The number of esters is 1. The number of carbonyl (C=O) groups excluding carboxylic acids is 1. The van der Waals surface area contributed by atoms with Gasteiger partial charge in [-0.3, -0.25) is 0 Å². The Morgan fingerprint density at radius 2 is 2.14 bits per heavy atom. The molecule has 0 aromatic carbocycles. The number of rotatable bonds is 10. The molecular formula is C16H27NO4. The van der Waals surface area contributed by atoms with Crippen LogP contribution in [0.15, 0.2) is 12.2 Å². The van der Waals surface area contributed by atoms with Gasteiger partial charge in [-0.2, -0.15) is 0 Å². The number of hydrogen-bond acceptors (Lipinski definition) is 4. The molecule has 5 nitrogen and oxygen atoms in total. The normalized spacial score (nSPS) is 19.8. The lowest BCUT2D eigenvalue weighted by Gasteiger charge is -2.15. The van der Waals surface area contributed by atoms with Gasteiger partial charge in [-0.1, -0.05) is 19.8 Å². The maximum Gasteiger partial charge on any atom is 0.331 e. The van der Waals surface area contributed by atoms with Gasteiger partial charge in [-0.05, 0) is 51.1 Å². The SMILES string of the molecule is CCC(CCCCCC1CCNC1)OC(=O)/C=C\C(=O)O. The van der Waals surface area contributed by atoms with Crippen LogP contribution in [0.1, 0.15) is 51.9 Å². The predicted octanol–water partition coefficient (Wildman–Crippen LogP) is 2.51. The molecule has 1 aliphatic rings. The highest BCUT2D eigenvalue weighted by Gasteiger charge is 2.14. The van der Waals surface area contributed by atoms with Crippen LogP contribution in [0.4, 0.5) is 0 Å². The van der Waals surface area contributed by atoms with Gasteiger partial charge in [-0.25, -0.2) is 9.59 Å². The summed E-state index contributed by atoms with van der Waals surface area (Å²) in [4.78, 5) is 21.7. The Morgan fingerprint density at radius 3 is 2.76 bits per heavy atom. The molecule has 0 radical (unpaired) electrons. The molecule has 0 aliphatic carbocycles. The minimum atomic E-state index is -1.14. The standard InChI is InChI=1S/C16H27NO4/c1-2-14(21-16(20)9-8-15(18)19)7-5-3-4-6-13-10-11-17-12-13/h8-9,13-14,17H,2-7,10-12H2,1H3,(H,18,19)/b9-8-. The molecule has 1 saturated heterocycles. The molecule has 0 bridgehead atoms. The van der Waals surface area contributed by atoms with Crippen LogP contribution in [-0.4, -0.2) is 36.2 Å². The Balaban J connectivity index is 2.09. The van der Waals surface area contributed by atoms with E-state index in [1.165, 1.54) is 19.3 Å². The topological polar surface area (TPSA) is 75.6 Å². The maximum atomic E-state index is 11.4. The summed E-state index contributed by atoms with van der Waals surface area (Å²) in [5.74, 6) is -0.867. The third-order valence-electron chi connectivity index (χ3n) is 3.90. The van der Waals surface area contributed by atoms with E-state index in [1.54, 1.807) is 0 Å². The number of unbranched alkanes of at least 4 members (excludes halogenated alkanes) is 2. The van der Waals surface area contributed by atoms with Gasteiger partial charge in [0.1, 0.15) is 6.10 Å². The predicted molar refractivity (Wildman–Crippen MR) is 81.0 cm³/mol. The molecule has 1 aliphatic heterocycles. The summed E-state index contributed by atoms with van der Waals surface area (Å²) < 4.78 is 5.23. The van der Waals surface area contributed by atoms with Crippen LogP contribution in [0, 0.1) is 5.92 Å². The van der Waals surface area contributed by atoms with Crippen molar-refractivity contribution in [3.05, 3.63) is 12.2 Å². The second-order valence-electron chi connectivity index (χ2n) is 5.64. The third kappa shape index (κ3) is 8.50. The molecule has 5 heteroatoms. The van der Waals surface area contributed by atoms with E-state index in [1.807, 2.05) is 6.92 Å². The lowest BCUT2D eigenvalue weighted by Crippen LogP contribution is -2.16. The largest absolute Gasteiger partial charge is 0.478 e. The summed E-state index contributed by atoms with van der Waals surface area (Å²) in [6, 6.07) is 0. The number of carboxylic acid groups (broad SMARTS) is 1. The van der Waals surface area contributed by atoms with E-state index >= 15 is 0 Å². The van der Waals surface area contributed by atoms with E-state index < -0.39 is 11.9 Å². The average Bonchev–Trinajstić information content (AvgIpc) is 2.96. The third-order valence-corrected chi connectivity index (χ3v) is 3.90. The summed E-state index contributed by atoms with van der Waals surface area (Å²) in [7, 11) is 0. The van der Waals surface area contributed by atoms with E-state index in [9.17, 15) is 9.59 Å². The number of carboxylic acids is 1. The van der Waals surface area contributed by atoms with E-state index in [2.05, 4.69) is 5.32 Å². The zero-order chi connectivity index (χ0) is 15.5. The van der Waals surface area contributed by atoms with Crippen molar-refractivity contribution >= 4 is 11.9 Å². The van der Waals surface area contributed by atoms with Crippen LogP contribution in [0.5, 0.6) is 0 Å². The van der Waals surface area contributed by atoms with E-state index in [0.29, 0.717) is 0 Å². The van der Waals surface area contributed by atoms with Crippen LogP contribution in [-0.2, 0) is 14.3 Å². The van der Waals surface area contributed by atoms with Gasteiger partial charge in [0.25, 0.3) is 0 Å². The van der Waals surface area contributed by atoms with Crippen LogP contribution in [0.2, 0.25) is 0 Å². The van der Waals surface area contributed by atoms with Gasteiger partial charge in [0, 0.05) is 12.2 Å². The molecule has 1 fully saturated rings. The Kier molecular flexibility index (Phi) is 8.74. The molecule has 0 saturated carbocycles. The van der Waals surface area contributed by atoms with Crippen molar-refractivity contribution in [3.8, 4) is 0 Å². The minimum Gasteiger partial charge on any atom is -0.478 e. The smallest absolute Gasteiger partial charge is 0.331 e. The van der Waals surface area contributed by atoms with Crippen molar-refractivity contribution in [2.75, 3.05) is 13.1 Å². The number of hydrogen-bond donors (Lipinski definition) is 2. The number of ether oxygens (including phenoxy) is 1. The van der Waals surface area contributed by atoms with Crippen molar-refractivity contribution in [1.82, 2.24) is 5.32 Å². The van der Waals surface area contributed by atoms with Crippen LogP contribution in [0.3, 0.4) is 0 Å². The van der Waals surface area contributed by atoms with Crippen molar-refractivity contribution in [1.29, 1.82) is 0 Å². The van der Waals surface area contributed by atoms with Crippen LogP contribution in [0.25, 0.3) is 0 Å². The summed E-state index contributed by atoms with van der Waals surface area (Å²) in [5.41, 5.74) is 0. The second kappa shape index (κ2) is 10.4. The summed E-state index contributed by atoms with van der Waals surface area (Å²) >= 11 is 0. The molecular weight excluding hydrogens is 270 g/mol. The highest BCUT2D eigenvalue weighted by atomic mass is 16.5. The molecule has 0 spiro atoms. The van der Waals surface area contributed by atoms with Crippen molar-refractivity contribution in [3.63, 3.8) is 0 Å². The van der Waals surface area contributed by atoms with Crippen molar-refractivity contribution in [2.45, 2.75) is 58.0 Å². The fraction of sp³-hybridized carbons (Fsp3) is 0.750.